The molecule has 0 fully saturated rings. The number of aryl methyl sites for hydroxylation is 1. The van der Waals surface area contributed by atoms with E-state index < -0.39 is 6.10 Å². The van der Waals surface area contributed by atoms with Crippen molar-refractivity contribution < 1.29 is 14.9 Å². The number of ether oxygens (including phenoxy) is 1. The van der Waals surface area contributed by atoms with Crippen molar-refractivity contribution >= 4 is 0 Å². The van der Waals surface area contributed by atoms with Crippen molar-refractivity contribution in [3.63, 3.8) is 0 Å². The minimum Gasteiger partial charge on any atom is -0.508 e. The summed E-state index contributed by atoms with van der Waals surface area (Å²) in [5, 5.41) is 22.5. The Labute approximate surface area is 131 Å². The van der Waals surface area contributed by atoms with Crippen LogP contribution < -0.4 is 10.1 Å². The van der Waals surface area contributed by atoms with E-state index in [1.807, 2.05) is 12.1 Å². The lowest BCUT2D eigenvalue weighted by molar-refractivity contribution is 0.171. The van der Waals surface area contributed by atoms with Gasteiger partial charge in [-0.3, -0.25) is 0 Å². The number of nitrogens with one attached hydrogen (secondary N) is 1. The van der Waals surface area contributed by atoms with E-state index >= 15 is 0 Å². The van der Waals surface area contributed by atoms with Crippen LogP contribution in [0.5, 0.6) is 11.5 Å². The van der Waals surface area contributed by atoms with Gasteiger partial charge in [-0.1, -0.05) is 31.2 Å². The Balaban J connectivity index is 1.66. The number of phenols is 1. The lowest BCUT2D eigenvalue weighted by Gasteiger charge is -2.13. The van der Waals surface area contributed by atoms with Gasteiger partial charge in [-0.05, 0) is 41.8 Å². The smallest absolute Gasteiger partial charge is 0.119 e. The molecular formula is C18H23NO3. The van der Waals surface area contributed by atoms with Gasteiger partial charge in [-0.2, -0.15) is 0 Å². The highest BCUT2D eigenvalue weighted by molar-refractivity contribution is 5.29. The quantitative estimate of drug-likeness (QED) is 0.656. The number of hydrogen-bond donors (Lipinski definition) is 3. The number of aliphatic hydroxyl groups excluding tert-OH is 1. The first-order chi connectivity index (χ1) is 10.7. The van der Waals surface area contributed by atoms with Gasteiger partial charge in [0, 0.05) is 13.1 Å². The molecule has 0 aliphatic carbocycles. The van der Waals surface area contributed by atoms with Crippen LogP contribution in [0.2, 0.25) is 0 Å². The summed E-state index contributed by atoms with van der Waals surface area (Å²) in [4.78, 5) is 0. The Hall–Kier alpha value is -2.04. The van der Waals surface area contributed by atoms with Crippen LogP contribution in [-0.4, -0.2) is 29.9 Å². The average Bonchev–Trinajstić information content (AvgIpc) is 2.55. The first kappa shape index (κ1) is 16.3. The third-order valence-electron chi connectivity index (χ3n) is 3.47. The molecule has 0 spiro atoms. The fraction of sp³-hybridized carbons (Fsp3) is 0.333. The summed E-state index contributed by atoms with van der Waals surface area (Å²) in [5.41, 5.74) is 1.99. The van der Waals surface area contributed by atoms with Gasteiger partial charge in [0.05, 0.1) is 6.10 Å². The van der Waals surface area contributed by atoms with Crippen LogP contribution in [0.1, 0.15) is 24.2 Å². The van der Waals surface area contributed by atoms with Crippen molar-refractivity contribution in [3.05, 3.63) is 59.7 Å². The first-order valence-corrected chi connectivity index (χ1v) is 7.58. The molecular weight excluding hydrogens is 278 g/mol. The molecule has 1 unspecified atom stereocenters. The number of aromatic hydroxyl groups is 1. The van der Waals surface area contributed by atoms with Crippen LogP contribution in [0.4, 0.5) is 0 Å². The van der Waals surface area contributed by atoms with E-state index in [2.05, 4.69) is 24.4 Å². The number of phenolic OH excluding ortho intramolecular Hbond substituents is 1. The Morgan fingerprint density at radius 1 is 1.14 bits per heavy atom. The highest BCUT2D eigenvalue weighted by atomic mass is 16.5. The van der Waals surface area contributed by atoms with Gasteiger partial charge in [0.25, 0.3) is 0 Å². The van der Waals surface area contributed by atoms with Crippen molar-refractivity contribution in [1.82, 2.24) is 5.32 Å². The van der Waals surface area contributed by atoms with Crippen molar-refractivity contribution in [1.29, 1.82) is 0 Å². The first-order valence-electron chi connectivity index (χ1n) is 7.58. The molecule has 2 aromatic carbocycles. The van der Waals surface area contributed by atoms with Crippen molar-refractivity contribution in [2.45, 2.75) is 19.4 Å². The Bertz CT molecular complexity index is 569. The number of rotatable bonds is 8. The second-order valence-corrected chi connectivity index (χ2v) is 5.16. The zero-order chi connectivity index (χ0) is 15.8. The lowest BCUT2D eigenvalue weighted by atomic mass is 10.1. The molecule has 0 bridgehead atoms. The number of hydrogen-bond acceptors (Lipinski definition) is 4. The molecule has 4 nitrogen and oxygen atoms in total. The Morgan fingerprint density at radius 2 is 1.91 bits per heavy atom. The lowest BCUT2D eigenvalue weighted by Crippen LogP contribution is -2.26. The van der Waals surface area contributed by atoms with Gasteiger partial charge in [-0.15, -0.1) is 0 Å². The Morgan fingerprint density at radius 3 is 2.59 bits per heavy atom. The van der Waals surface area contributed by atoms with Crippen molar-refractivity contribution in [2.75, 3.05) is 19.7 Å². The molecule has 0 radical (unpaired) electrons. The molecule has 0 saturated carbocycles. The average molecular weight is 301 g/mol. The predicted molar refractivity (Wildman–Crippen MR) is 87.3 cm³/mol. The second kappa shape index (κ2) is 8.41. The van der Waals surface area contributed by atoms with Gasteiger partial charge in [0.1, 0.15) is 18.1 Å². The summed E-state index contributed by atoms with van der Waals surface area (Å²) in [6, 6.07) is 14.7. The fourth-order valence-corrected chi connectivity index (χ4v) is 2.15. The van der Waals surface area contributed by atoms with Crippen LogP contribution in [-0.2, 0) is 6.42 Å². The summed E-state index contributed by atoms with van der Waals surface area (Å²) in [7, 11) is 0. The maximum absolute atomic E-state index is 10.0. The van der Waals surface area contributed by atoms with Crippen LogP contribution in [0.3, 0.4) is 0 Å². The SMILES string of the molecule is CCc1ccc(OCCNCC(O)c2cccc(O)c2)cc1. The molecule has 0 heterocycles. The zero-order valence-corrected chi connectivity index (χ0v) is 12.8. The summed E-state index contributed by atoms with van der Waals surface area (Å²) in [6.45, 7) is 3.72. The zero-order valence-electron chi connectivity index (χ0n) is 12.8. The van der Waals surface area contributed by atoms with Crippen LogP contribution >= 0.6 is 0 Å². The summed E-state index contributed by atoms with van der Waals surface area (Å²) < 4.78 is 5.63. The fourth-order valence-electron chi connectivity index (χ4n) is 2.15. The minimum absolute atomic E-state index is 0.162. The normalized spacial score (nSPS) is 12.1. The van der Waals surface area contributed by atoms with E-state index in [-0.39, 0.29) is 5.75 Å². The van der Waals surface area contributed by atoms with E-state index in [1.165, 1.54) is 5.56 Å². The largest absolute Gasteiger partial charge is 0.508 e. The van der Waals surface area contributed by atoms with Gasteiger partial charge in [0.15, 0.2) is 0 Å². The molecule has 0 aliphatic rings. The van der Waals surface area contributed by atoms with Crippen LogP contribution in [0, 0.1) is 0 Å². The number of benzene rings is 2. The molecule has 118 valence electrons. The van der Waals surface area contributed by atoms with Gasteiger partial charge in [-0.25, -0.2) is 0 Å². The molecule has 3 N–H and O–H groups in total. The van der Waals surface area contributed by atoms with E-state index in [9.17, 15) is 10.2 Å². The minimum atomic E-state index is -0.643. The van der Waals surface area contributed by atoms with E-state index in [4.69, 9.17) is 4.74 Å². The van der Waals surface area contributed by atoms with Crippen LogP contribution in [0.25, 0.3) is 0 Å². The monoisotopic (exact) mass is 301 g/mol. The maximum atomic E-state index is 10.0. The summed E-state index contributed by atoms with van der Waals surface area (Å²) in [5.74, 6) is 1.02. The predicted octanol–water partition coefficient (Wildman–Crippen LogP) is 2.66. The summed E-state index contributed by atoms with van der Waals surface area (Å²) in [6.07, 6.45) is 0.380. The van der Waals surface area contributed by atoms with Crippen LogP contribution in [0.15, 0.2) is 48.5 Å². The third-order valence-corrected chi connectivity index (χ3v) is 3.47. The molecule has 22 heavy (non-hydrogen) atoms. The molecule has 0 amide bonds. The van der Waals surface area contributed by atoms with Gasteiger partial charge in [0.2, 0.25) is 0 Å². The molecule has 0 saturated heterocycles. The highest BCUT2D eigenvalue weighted by Crippen LogP contribution is 2.17. The molecule has 2 aromatic rings. The standard InChI is InChI=1S/C18H23NO3/c1-2-14-6-8-17(9-7-14)22-11-10-19-13-18(21)15-4-3-5-16(20)12-15/h3-9,12,18-21H,2,10-11,13H2,1H3. The van der Waals surface area contributed by atoms with Gasteiger partial charge < -0.3 is 20.3 Å². The van der Waals surface area contributed by atoms with E-state index in [0.29, 0.717) is 25.3 Å². The molecule has 4 heteroatoms. The molecule has 0 aliphatic heterocycles. The molecule has 0 aromatic heterocycles. The van der Waals surface area contributed by atoms with E-state index in [0.717, 1.165) is 12.2 Å². The van der Waals surface area contributed by atoms with E-state index in [1.54, 1.807) is 24.3 Å². The van der Waals surface area contributed by atoms with Crippen molar-refractivity contribution in [3.8, 4) is 11.5 Å². The summed E-state index contributed by atoms with van der Waals surface area (Å²) >= 11 is 0. The maximum Gasteiger partial charge on any atom is 0.119 e. The second-order valence-electron chi connectivity index (χ2n) is 5.16. The molecule has 2 rings (SSSR count). The number of aliphatic hydroxyl groups is 1. The van der Waals surface area contributed by atoms with Gasteiger partial charge >= 0.3 is 0 Å². The van der Waals surface area contributed by atoms with Crippen molar-refractivity contribution in [2.24, 2.45) is 0 Å². The molecule has 1 atom stereocenters. The third kappa shape index (κ3) is 5.06. The Kier molecular flexibility index (Phi) is 6.25. The topological polar surface area (TPSA) is 61.7 Å². The highest BCUT2D eigenvalue weighted by Gasteiger charge is 2.07.